The van der Waals surface area contributed by atoms with Gasteiger partial charge in [-0.05, 0) is 37.0 Å². The third-order valence-electron chi connectivity index (χ3n) is 4.30. The van der Waals surface area contributed by atoms with E-state index in [1.165, 1.54) is 0 Å². The topological polar surface area (TPSA) is 92.4 Å². The highest BCUT2D eigenvalue weighted by atomic mass is 16.4. The van der Waals surface area contributed by atoms with Gasteiger partial charge in [0.25, 0.3) is 0 Å². The fourth-order valence-corrected chi connectivity index (χ4v) is 3.36. The average Bonchev–Trinajstić information content (AvgIpc) is 2.33. The molecule has 0 radical (unpaired) electrons. The molecule has 0 spiro atoms. The molecule has 0 heterocycles. The molecule has 0 saturated heterocycles. The minimum Gasteiger partial charge on any atom is -0.481 e. The lowest BCUT2D eigenvalue weighted by Crippen LogP contribution is -2.56. The molecule has 0 aromatic rings. The zero-order valence-electron chi connectivity index (χ0n) is 13.5. The molecule has 0 aromatic heterocycles. The second kappa shape index (κ2) is 7.78. The van der Waals surface area contributed by atoms with Crippen molar-refractivity contribution in [1.29, 1.82) is 0 Å². The van der Waals surface area contributed by atoms with Crippen molar-refractivity contribution >= 4 is 11.9 Å². The van der Waals surface area contributed by atoms with Gasteiger partial charge in [0.1, 0.15) is 0 Å². The van der Waals surface area contributed by atoms with E-state index >= 15 is 0 Å². The van der Waals surface area contributed by atoms with Crippen LogP contribution in [0, 0.1) is 17.8 Å². The minimum absolute atomic E-state index is 0.0314. The summed E-state index contributed by atoms with van der Waals surface area (Å²) in [5.74, 6) is -0.0827. The molecule has 0 bridgehead atoms. The van der Waals surface area contributed by atoms with Crippen LogP contribution in [0.4, 0.5) is 0 Å². The van der Waals surface area contributed by atoms with Crippen molar-refractivity contribution in [2.45, 2.75) is 64.8 Å². The van der Waals surface area contributed by atoms with Crippen molar-refractivity contribution in [2.24, 2.45) is 23.5 Å². The van der Waals surface area contributed by atoms with E-state index in [-0.39, 0.29) is 18.2 Å². The molecule has 4 N–H and O–H groups in total. The van der Waals surface area contributed by atoms with E-state index < -0.39 is 11.5 Å². The average molecular weight is 298 g/mol. The van der Waals surface area contributed by atoms with Gasteiger partial charge in [-0.1, -0.05) is 33.6 Å². The van der Waals surface area contributed by atoms with Crippen LogP contribution in [-0.4, -0.2) is 29.1 Å². The number of rotatable bonds is 7. The predicted molar refractivity (Wildman–Crippen MR) is 82.8 cm³/mol. The van der Waals surface area contributed by atoms with Gasteiger partial charge in [0, 0.05) is 13.0 Å². The maximum absolute atomic E-state index is 12.4. The standard InChI is InChI=1S/C16H30N2O3/c1-11(2)7-13(8-14(19)20)10-18-15(21)16(17)6-4-5-12(3)9-16/h11-13H,4-10,17H2,1-3H3,(H,18,21)(H,19,20). The molecule has 21 heavy (non-hydrogen) atoms. The smallest absolute Gasteiger partial charge is 0.303 e. The monoisotopic (exact) mass is 298 g/mol. The number of nitrogens with two attached hydrogens (primary N) is 1. The second-order valence-corrected chi connectivity index (χ2v) is 7.16. The minimum atomic E-state index is -0.816. The molecule has 122 valence electrons. The van der Waals surface area contributed by atoms with Gasteiger partial charge in [-0.15, -0.1) is 0 Å². The highest BCUT2D eigenvalue weighted by Crippen LogP contribution is 2.30. The van der Waals surface area contributed by atoms with Gasteiger partial charge in [-0.3, -0.25) is 9.59 Å². The summed E-state index contributed by atoms with van der Waals surface area (Å²) >= 11 is 0. The van der Waals surface area contributed by atoms with E-state index in [1.807, 2.05) is 0 Å². The van der Waals surface area contributed by atoms with Crippen LogP contribution in [0.5, 0.6) is 0 Å². The summed E-state index contributed by atoms with van der Waals surface area (Å²) in [6.45, 7) is 6.64. The van der Waals surface area contributed by atoms with Gasteiger partial charge in [0.15, 0.2) is 0 Å². The molecule has 1 amide bonds. The molecule has 1 aliphatic rings. The third kappa shape index (κ3) is 6.04. The van der Waals surface area contributed by atoms with Crippen molar-refractivity contribution in [2.75, 3.05) is 6.54 Å². The number of carbonyl (C=O) groups excluding carboxylic acids is 1. The summed E-state index contributed by atoms with van der Waals surface area (Å²) in [5, 5.41) is 11.9. The van der Waals surface area contributed by atoms with Gasteiger partial charge in [0.05, 0.1) is 5.54 Å². The third-order valence-corrected chi connectivity index (χ3v) is 4.30. The Morgan fingerprint density at radius 3 is 2.62 bits per heavy atom. The van der Waals surface area contributed by atoms with E-state index in [2.05, 4.69) is 26.1 Å². The molecular formula is C16H30N2O3. The Kier molecular flexibility index (Phi) is 6.65. The summed E-state index contributed by atoms with van der Waals surface area (Å²) in [5.41, 5.74) is 5.48. The highest BCUT2D eigenvalue weighted by molar-refractivity contribution is 5.86. The normalized spacial score (nSPS) is 27.4. The molecule has 0 aromatic carbocycles. The van der Waals surface area contributed by atoms with Crippen LogP contribution >= 0.6 is 0 Å². The highest BCUT2D eigenvalue weighted by Gasteiger charge is 2.37. The van der Waals surface area contributed by atoms with Crippen LogP contribution in [-0.2, 0) is 9.59 Å². The van der Waals surface area contributed by atoms with E-state index in [0.29, 0.717) is 24.8 Å². The Hall–Kier alpha value is -1.10. The first kappa shape index (κ1) is 18.0. The molecule has 5 heteroatoms. The van der Waals surface area contributed by atoms with Gasteiger partial charge in [-0.25, -0.2) is 0 Å². The van der Waals surface area contributed by atoms with Gasteiger partial charge in [0.2, 0.25) is 5.91 Å². The molecule has 0 aliphatic heterocycles. The lowest BCUT2D eigenvalue weighted by atomic mass is 9.76. The summed E-state index contributed by atoms with van der Waals surface area (Å²) < 4.78 is 0. The van der Waals surface area contributed by atoms with Crippen LogP contribution in [0.3, 0.4) is 0 Å². The van der Waals surface area contributed by atoms with Crippen LogP contribution in [0.2, 0.25) is 0 Å². The number of carboxylic acid groups (broad SMARTS) is 1. The van der Waals surface area contributed by atoms with Crippen LogP contribution < -0.4 is 11.1 Å². The van der Waals surface area contributed by atoms with Crippen molar-refractivity contribution < 1.29 is 14.7 Å². The maximum atomic E-state index is 12.4. The largest absolute Gasteiger partial charge is 0.481 e. The molecule has 1 saturated carbocycles. The Morgan fingerprint density at radius 1 is 1.43 bits per heavy atom. The fourth-order valence-electron chi connectivity index (χ4n) is 3.36. The van der Waals surface area contributed by atoms with Gasteiger partial charge in [-0.2, -0.15) is 0 Å². The van der Waals surface area contributed by atoms with Gasteiger partial charge < -0.3 is 16.2 Å². The lowest BCUT2D eigenvalue weighted by Gasteiger charge is -2.35. The maximum Gasteiger partial charge on any atom is 0.303 e. The number of carboxylic acids is 1. The van der Waals surface area contributed by atoms with Gasteiger partial charge >= 0.3 is 5.97 Å². The van der Waals surface area contributed by atoms with Crippen molar-refractivity contribution in [1.82, 2.24) is 5.32 Å². The number of hydrogen-bond donors (Lipinski definition) is 3. The first-order valence-corrected chi connectivity index (χ1v) is 8.02. The predicted octanol–water partition coefficient (Wildman–Crippen LogP) is 2.15. The Bertz CT molecular complexity index is 371. The number of amides is 1. The lowest BCUT2D eigenvalue weighted by molar-refractivity contribution is -0.138. The zero-order chi connectivity index (χ0) is 16.0. The molecule has 3 unspecified atom stereocenters. The quantitative estimate of drug-likeness (QED) is 0.671. The Morgan fingerprint density at radius 2 is 2.10 bits per heavy atom. The first-order chi connectivity index (χ1) is 9.73. The van der Waals surface area contributed by atoms with Crippen molar-refractivity contribution in [3.63, 3.8) is 0 Å². The summed E-state index contributed by atoms with van der Waals surface area (Å²) in [7, 11) is 0. The molecule has 1 rings (SSSR count). The van der Waals surface area contributed by atoms with Crippen LogP contribution in [0.25, 0.3) is 0 Å². The van der Waals surface area contributed by atoms with Crippen LogP contribution in [0.1, 0.15) is 59.3 Å². The SMILES string of the molecule is CC(C)CC(CNC(=O)C1(N)CCCC(C)C1)CC(=O)O. The van der Waals surface area contributed by atoms with Crippen molar-refractivity contribution in [3.05, 3.63) is 0 Å². The molecule has 5 nitrogen and oxygen atoms in total. The van der Waals surface area contributed by atoms with Crippen LogP contribution in [0.15, 0.2) is 0 Å². The number of hydrogen-bond acceptors (Lipinski definition) is 3. The second-order valence-electron chi connectivity index (χ2n) is 7.16. The summed E-state index contributed by atoms with van der Waals surface area (Å²) in [4.78, 5) is 23.3. The first-order valence-electron chi connectivity index (χ1n) is 8.02. The number of carbonyl (C=O) groups is 2. The fraction of sp³-hybridized carbons (Fsp3) is 0.875. The summed E-state index contributed by atoms with van der Waals surface area (Å²) in [6.07, 6.45) is 4.42. The molecule has 3 atom stereocenters. The van der Waals surface area contributed by atoms with E-state index in [4.69, 9.17) is 10.8 Å². The summed E-state index contributed by atoms with van der Waals surface area (Å²) in [6, 6.07) is 0. The number of nitrogens with one attached hydrogen (secondary N) is 1. The zero-order valence-corrected chi connectivity index (χ0v) is 13.5. The number of aliphatic carboxylic acids is 1. The Balaban J connectivity index is 2.53. The molecular weight excluding hydrogens is 268 g/mol. The van der Waals surface area contributed by atoms with E-state index in [1.54, 1.807) is 0 Å². The van der Waals surface area contributed by atoms with E-state index in [0.717, 1.165) is 25.7 Å². The van der Waals surface area contributed by atoms with Crippen molar-refractivity contribution in [3.8, 4) is 0 Å². The van der Waals surface area contributed by atoms with E-state index in [9.17, 15) is 9.59 Å². The Labute approximate surface area is 127 Å². The molecule has 1 fully saturated rings. The molecule has 1 aliphatic carbocycles.